The zero-order valence-corrected chi connectivity index (χ0v) is 17.0. The lowest BCUT2D eigenvalue weighted by atomic mass is 9.85. The molecule has 0 amide bonds. The van der Waals surface area contributed by atoms with Gasteiger partial charge in [-0.15, -0.1) is 0 Å². The molecule has 0 radical (unpaired) electrons. The maximum absolute atomic E-state index is 10.9. The van der Waals surface area contributed by atoms with E-state index in [0.717, 1.165) is 11.1 Å². The van der Waals surface area contributed by atoms with Crippen LogP contribution in [0.3, 0.4) is 0 Å². The molecular formula is C22H26O4S. The lowest BCUT2D eigenvalue weighted by Gasteiger charge is -2.23. The Labute approximate surface area is 164 Å². The summed E-state index contributed by atoms with van der Waals surface area (Å²) in [7, 11) is 0. The highest BCUT2D eigenvalue weighted by Crippen LogP contribution is 2.35. The Hall–Kier alpha value is -2.13. The third-order valence-corrected chi connectivity index (χ3v) is 4.30. The van der Waals surface area contributed by atoms with E-state index in [2.05, 4.69) is 38.7 Å². The van der Waals surface area contributed by atoms with Crippen LogP contribution in [0.25, 0.3) is 11.1 Å². The van der Waals surface area contributed by atoms with Crippen molar-refractivity contribution in [3.8, 4) is 28.7 Å². The molecule has 2 unspecified atom stereocenters. The van der Waals surface area contributed by atoms with Crippen LogP contribution in [0.4, 0.5) is 0 Å². The highest BCUT2D eigenvalue weighted by molar-refractivity contribution is 7.74. The number of rotatable bonds is 6. The third-order valence-electron chi connectivity index (χ3n) is 3.96. The lowest BCUT2D eigenvalue weighted by Crippen LogP contribution is -2.22. The van der Waals surface area contributed by atoms with Gasteiger partial charge in [0, 0.05) is 12.0 Å². The van der Waals surface area contributed by atoms with Gasteiger partial charge >= 0.3 is 11.4 Å². The molecule has 4 nitrogen and oxygen atoms in total. The minimum Gasteiger partial charge on any atom is -0.475 e. The average Bonchev–Trinajstić information content (AvgIpc) is 2.63. The van der Waals surface area contributed by atoms with Crippen LogP contribution in [-0.4, -0.2) is 21.5 Å². The molecule has 2 aromatic rings. The van der Waals surface area contributed by atoms with Crippen molar-refractivity contribution in [1.29, 1.82) is 0 Å². The molecule has 1 N–H and O–H groups in total. The first-order valence-corrected chi connectivity index (χ1v) is 9.93. The van der Waals surface area contributed by atoms with Gasteiger partial charge in [0.05, 0.1) is 0 Å². The molecule has 5 heteroatoms. The average molecular weight is 387 g/mol. The van der Waals surface area contributed by atoms with E-state index >= 15 is 0 Å². The van der Waals surface area contributed by atoms with Crippen molar-refractivity contribution < 1.29 is 17.7 Å². The summed E-state index contributed by atoms with van der Waals surface area (Å²) in [6, 6.07) is 16.1. The van der Waals surface area contributed by atoms with E-state index < -0.39 is 17.5 Å². The molecule has 0 saturated carbocycles. The van der Waals surface area contributed by atoms with Crippen LogP contribution in [0.5, 0.6) is 5.75 Å². The van der Waals surface area contributed by atoms with Gasteiger partial charge in [-0.05, 0) is 28.7 Å². The van der Waals surface area contributed by atoms with E-state index in [1.165, 1.54) is 5.56 Å². The van der Waals surface area contributed by atoms with Crippen LogP contribution < -0.4 is 4.74 Å². The van der Waals surface area contributed by atoms with E-state index in [0.29, 0.717) is 12.2 Å². The van der Waals surface area contributed by atoms with Gasteiger partial charge in [0.1, 0.15) is 12.4 Å². The predicted molar refractivity (Wildman–Crippen MR) is 110 cm³/mol. The van der Waals surface area contributed by atoms with Crippen molar-refractivity contribution in [2.24, 2.45) is 0 Å². The maximum Gasteiger partial charge on any atom is 0.302 e. The molecular weight excluding hydrogens is 360 g/mol. The molecule has 0 heterocycles. The molecule has 0 bridgehead atoms. The van der Waals surface area contributed by atoms with Gasteiger partial charge in [-0.2, -0.15) is 4.21 Å². The molecule has 0 aliphatic carbocycles. The fourth-order valence-electron chi connectivity index (χ4n) is 2.54. The predicted octanol–water partition coefficient (Wildman–Crippen LogP) is 4.97. The summed E-state index contributed by atoms with van der Waals surface area (Å²) in [6.45, 7) is 8.33. The van der Waals surface area contributed by atoms with Gasteiger partial charge in [0.15, 0.2) is 6.10 Å². The largest absolute Gasteiger partial charge is 0.475 e. The van der Waals surface area contributed by atoms with Crippen molar-refractivity contribution in [2.45, 2.75) is 45.6 Å². The fourth-order valence-corrected chi connectivity index (χ4v) is 2.78. The van der Waals surface area contributed by atoms with Gasteiger partial charge in [-0.3, -0.25) is 8.74 Å². The second-order valence-corrected chi connectivity index (χ2v) is 7.78. The number of hydrogen-bond donors (Lipinski definition) is 1. The van der Waals surface area contributed by atoms with Gasteiger partial charge in [0.25, 0.3) is 0 Å². The summed E-state index contributed by atoms with van der Waals surface area (Å²) in [5.41, 5.74) is 3.18. The van der Waals surface area contributed by atoms with E-state index in [-0.39, 0.29) is 12.0 Å². The second kappa shape index (κ2) is 9.70. The molecule has 0 aliphatic rings. The van der Waals surface area contributed by atoms with E-state index in [1.54, 1.807) is 0 Å². The van der Waals surface area contributed by atoms with E-state index in [1.807, 2.05) is 49.4 Å². The number of hydrogen-bond acceptors (Lipinski definition) is 3. The lowest BCUT2D eigenvalue weighted by molar-refractivity contribution is 0.172. The topological polar surface area (TPSA) is 55.8 Å². The van der Waals surface area contributed by atoms with Crippen LogP contribution >= 0.6 is 0 Å². The van der Waals surface area contributed by atoms with Crippen LogP contribution in [-0.2, 0) is 21.0 Å². The van der Waals surface area contributed by atoms with Crippen molar-refractivity contribution in [1.82, 2.24) is 0 Å². The minimum atomic E-state index is -2.35. The van der Waals surface area contributed by atoms with E-state index in [4.69, 9.17) is 13.5 Å². The summed E-state index contributed by atoms with van der Waals surface area (Å²) in [5.74, 6) is 6.57. The molecule has 2 atom stereocenters. The van der Waals surface area contributed by atoms with Crippen LogP contribution in [0.1, 0.15) is 39.7 Å². The van der Waals surface area contributed by atoms with Crippen molar-refractivity contribution >= 4 is 11.4 Å². The fraction of sp³-hybridized carbons (Fsp3) is 0.364. The Kier molecular flexibility index (Phi) is 7.61. The quantitative estimate of drug-likeness (QED) is 0.563. The zero-order chi connectivity index (χ0) is 19.9. The number of ether oxygens (including phenoxy) is 1. The number of benzene rings is 2. The highest BCUT2D eigenvalue weighted by atomic mass is 32.2. The molecule has 0 spiro atoms. The highest BCUT2D eigenvalue weighted by Gasteiger charge is 2.19. The summed E-state index contributed by atoms with van der Waals surface area (Å²) in [4.78, 5) is 0. The molecule has 27 heavy (non-hydrogen) atoms. The maximum atomic E-state index is 10.9. The first-order valence-electron chi connectivity index (χ1n) is 8.90. The monoisotopic (exact) mass is 386 g/mol. The molecule has 0 aromatic heterocycles. The first-order chi connectivity index (χ1) is 12.8. The Morgan fingerprint density at radius 3 is 2.44 bits per heavy atom. The van der Waals surface area contributed by atoms with Gasteiger partial charge < -0.3 is 4.74 Å². The summed E-state index contributed by atoms with van der Waals surface area (Å²) in [5, 5.41) is 0. The second-order valence-electron chi connectivity index (χ2n) is 7.11. The van der Waals surface area contributed by atoms with Gasteiger partial charge in [-0.25, -0.2) is 0 Å². The van der Waals surface area contributed by atoms with Gasteiger partial charge in [-0.1, -0.05) is 75.9 Å². The first kappa shape index (κ1) is 21.2. The van der Waals surface area contributed by atoms with Crippen molar-refractivity contribution in [3.05, 3.63) is 54.1 Å². The minimum absolute atomic E-state index is 0.000374. The standard InChI is InChI=1S/C22H26O4S/c1-5-6-12-19(16-25-27(23)24)26-21-14-13-18(22(2,3)4)15-20(21)17-10-8-7-9-11-17/h7-11,13-15,19H,5,16H2,1-4H3,(H,23,24). The summed E-state index contributed by atoms with van der Waals surface area (Å²) >= 11 is -2.35. The zero-order valence-electron chi connectivity index (χ0n) is 16.2. The van der Waals surface area contributed by atoms with Crippen LogP contribution in [0, 0.1) is 11.8 Å². The normalized spacial score (nSPS) is 13.4. The molecule has 144 valence electrons. The molecule has 0 saturated heterocycles. The molecule has 2 rings (SSSR count). The van der Waals surface area contributed by atoms with Crippen LogP contribution in [0.15, 0.2) is 48.5 Å². The summed E-state index contributed by atoms with van der Waals surface area (Å²) in [6.07, 6.45) is 0.0281. The Balaban J connectivity index is 2.42. The van der Waals surface area contributed by atoms with Crippen molar-refractivity contribution in [3.63, 3.8) is 0 Å². The van der Waals surface area contributed by atoms with Crippen molar-refractivity contribution in [2.75, 3.05) is 6.61 Å². The summed E-state index contributed by atoms with van der Waals surface area (Å²) < 4.78 is 30.6. The Morgan fingerprint density at radius 1 is 1.15 bits per heavy atom. The van der Waals surface area contributed by atoms with Gasteiger partial charge in [0.2, 0.25) is 0 Å². The SMILES string of the molecule is CCC#CC(COS(=O)O)Oc1ccc(C(C)(C)C)cc1-c1ccccc1. The Bertz CT molecular complexity index is 829. The van der Waals surface area contributed by atoms with E-state index in [9.17, 15) is 4.21 Å². The Morgan fingerprint density at radius 2 is 1.85 bits per heavy atom. The molecule has 0 aliphatic heterocycles. The van der Waals surface area contributed by atoms with Crippen LogP contribution in [0.2, 0.25) is 0 Å². The third kappa shape index (κ3) is 6.51. The molecule has 2 aromatic carbocycles. The molecule has 0 fully saturated rings. The smallest absolute Gasteiger partial charge is 0.302 e.